The molecule has 2 aliphatic rings. The molecule has 5 rings (SSSR count). The Hall–Kier alpha value is -2.22. The summed E-state index contributed by atoms with van der Waals surface area (Å²) in [4.78, 5) is 14.5. The molecule has 1 saturated heterocycles. The van der Waals surface area contributed by atoms with Crippen LogP contribution in [0.25, 0.3) is 11.1 Å². The summed E-state index contributed by atoms with van der Waals surface area (Å²) in [6.45, 7) is 5.04. The van der Waals surface area contributed by atoms with Crippen molar-refractivity contribution in [3.05, 3.63) is 34.8 Å². The minimum Gasteiger partial charge on any atom is -0.408 e. The Morgan fingerprint density at radius 2 is 1.93 bits per heavy atom. The second-order valence-corrected chi connectivity index (χ2v) is 8.95. The zero-order chi connectivity index (χ0) is 19.1. The Morgan fingerprint density at radius 1 is 1.14 bits per heavy atom. The van der Waals surface area contributed by atoms with E-state index in [1.807, 2.05) is 24.3 Å². The number of para-hydroxylation sites is 2. The summed E-state index contributed by atoms with van der Waals surface area (Å²) in [5, 5.41) is 10.0. The monoisotopic (exact) mass is 399 g/mol. The Morgan fingerprint density at radius 3 is 2.71 bits per heavy atom. The largest absolute Gasteiger partial charge is 0.419 e. The van der Waals surface area contributed by atoms with Gasteiger partial charge in [0, 0.05) is 31.4 Å². The van der Waals surface area contributed by atoms with Crippen LogP contribution in [0, 0.1) is 5.92 Å². The van der Waals surface area contributed by atoms with Crippen molar-refractivity contribution in [3.8, 4) is 0 Å². The van der Waals surface area contributed by atoms with Crippen molar-refractivity contribution in [2.24, 2.45) is 5.92 Å². The molecule has 1 saturated carbocycles. The molecular weight excluding hydrogens is 374 g/mol. The third-order valence-corrected chi connectivity index (χ3v) is 6.67. The topological polar surface area (TPSA) is 69.1 Å². The second kappa shape index (κ2) is 7.31. The van der Waals surface area contributed by atoms with E-state index in [-0.39, 0.29) is 5.76 Å². The number of aromatic nitrogens is 4. The Kier molecular flexibility index (Phi) is 4.66. The maximum absolute atomic E-state index is 12.2. The molecule has 7 nitrogen and oxygen atoms in total. The molecule has 0 spiro atoms. The van der Waals surface area contributed by atoms with E-state index in [1.54, 1.807) is 16.3 Å². The second-order valence-electron chi connectivity index (χ2n) is 7.89. The van der Waals surface area contributed by atoms with Crippen molar-refractivity contribution in [2.45, 2.75) is 50.4 Å². The first-order chi connectivity index (χ1) is 13.7. The minimum absolute atomic E-state index is 0.298. The van der Waals surface area contributed by atoms with Crippen LogP contribution in [0.3, 0.4) is 0 Å². The quantitative estimate of drug-likeness (QED) is 0.591. The van der Waals surface area contributed by atoms with Gasteiger partial charge in [-0.15, -0.1) is 10.2 Å². The van der Waals surface area contributed by atoms with Gasteiger partial charge in [0.05, 0.1) is 5.52 Å². The van der Waals surface area contributed by atoms with E-state index in [2.05, 4.69) is 26.6 Å². The van der Waals surface area contributed by atoms with Crippen molar-refractivity contribution < 1.29 is 4.42 Å². The number of benzene rings is 1. The Balaban J connectivity index is 1.32. The fourth-order valence-corrected chi connectivity index (χ4v) is 4.82. The van der Waals surface area contributed by atoms with Crippen molar-refractivity contribution in [1.82, 2.24) is 19.3 Å². The summed E-state index contributed by atoms with van der Waals surface area (Å²) >= 11 is 1.68. The molecule has 1 aliphatic carbocycles. The van der Waals surface area contributed by atoms with Crippen molar-refractivity contribution in [1.29, 1.82) is 0 Å². The average Bonchev–Trinajstić information content (AvgIpc) is 3.38. The average molecular weight is 400 g/mol. The molecule has 0 amide bonds. The maximum Gasteiger partial charge on any atom is 0.419 e. The molecular formula is C20H25N5O2S. The van der Waals surface area contributed by atoms with Gasteiger partial charge in [-0.1, -0.05) is 30.8 Å². The predicted octanol–water partition coefficient (Wildman–Crippen LogP) is 3.55. The fraction of sp³-hybridized carbons (Fsp3) is 0.550. The molecule has 1 aromatic carbocycles. The van der Waals surface area contributed by atoms with E-state index in [0.717, 1.165) is 41.4 Å². The molecule has 3 aromatic rings. The van der Waals surface area contributed by atoms with E-state index in [4.69, 9.17) is 4.42 Å². The van der Waals surface area contributed by atoms with Crippen LogP contribution >= 0.6 is 11.8 Å². The first-order valence-corrected chi connectivity index (χ1v) is 11.1. The first kappa shape index (κ1) is 17.8. The third kappa shape index (κ3) is 3.34. The number of aryl methyl sites for hydroxylation is 1. The van der Waals surface area contributed by atoms with E-state index >= 15 is 0 Å². The molecule has 2 aromatic heterocycles. The number of anilines is 1. The van der Waals surface area contributed by atoms with Crippen LogP contribution in [-0.2, 0) is 6.54 Å². The van der Waals surface area contributed by atoms with Gasteiger partial charge in [0.25, 0.3) is 0 Å². The Labute approximate surface area is 167 Å². The highest BCUT2D eigenvalue weighted by Gasteiger charge is 2.32. The predicted molar refractivity (Wildman–Crippen MR) is 110 cm³/mol. The number of piperidine rings is 1. The lowest BCUT2D eigenvalue weighted by atomic mass is 10.00. The molecule has 0 N–H and O–H groups in total. The van der Waals surface area contributed by atoms with Gasteiger partial charge in [-0.05, 0) is 43.7 Å². The van der Waals surface area contributed by atoms with E-state index in [9.17, 15) is 4.79 Å². The van der Waals surface area contributed by atoms with E-state index in [0.29, 0.717) is 18.2 Å². The van der Waals surface area contributed by atoms with Gasteiger partial charge in [-0.2, -0.15) is 0 Å². The standard InChI is InChI=1S/C20H25N5O2S/c1-14-8-10-23(11-9-14)18-21-22-19(25(18)15-6-7-15)28-13-12-24-16-4-2-3-5-17(16)27-20(24)26/h2-5,14-15H,6-13H2,1H3. The molecule has 0 atom stereocenters. The lowest BCUT2D eigenvalue weighted by molar-refractivity contribution is 0.429. The van der Waals surface area contributed by atoms with Crippen LogP contribution in [0.15, 0.2) is 38.6 Å². The molecule has 148 valence electrons. The lowest BCUT2D eigenvalue weighted by Crippen LogP contribution is -2.34. The third-order valence-electron chi connectivity index (χ3n) is 5.74. The van der Waals surface area contributed by atoms with Gasteiger partial charge in [0.1, 0.15) is 0 Å². The highest BCUT2D eigenvalue weighted by molar-refractivity contribution is 7.99. The number of rotatable bonds is 6. The number of fused-ring (bicyclic) bond motifs is 1. The minimum atomic E-state index is -0.298. The van der Waals surface area contributed by atoms with Crippen LogP contribution in [0.1, 0.15) is 38.6 Å². The highest BCUT2D eigenvalue weighted by Crippen LogP contribution is 2.41. The fourth-order valence-electron chi connectivity index (χ4n) is 3.90. The van der Waals surface area contributed by atoms with Crippen LogP contribution in [-0.4, -0.2) is 38.2 Å². The molecule has 28 heavy (non-hydrogen) atoms. The van der Waals surface area contributed by atoms with Gasteiger partial charge in [-0.25, -0.2) is 4.79 Å². The zero-order valence-electron chi connectivity index (χ0n) is 16.1. The molecule has 0 unspecified atom stereocenters. The smallest absolute Gasteiger partial charge is 0.408 e. The Bertz CT molecular complexity index is 1030. The molecule has 0 bridgehead atoms. The van der Waals surface area contributed by atoms with Gasteiger partial charge in [-0.3, -0.25) is 9.13 Å². The lowest BCUT2D eigenvalue weighted by Gasteiger charge is -2.31. The first-order valence-electron chi connectivity index (χ1n) is 10.1. The normalized spacial score (nSPS) is 18.2. The van der Waals surface area contributed by atoms with Crippen molar-refractivity contribution in [2.75, 3.05) is 23.7 Å². The number of hydrogen-bond donors (Lipinski definition) is 0. The van der Waals surface area contributed by atoms with Gasteiger partial charge < -0.3 is 9.32 Å². The van der Waals surface area contributed by atoms with E-state index in [1.165, 1.54) is 25.7 Å². The molecule has 3 heterocycles. The zero-order valence-corrected chi connectivity index (χ0v) is 16.9. The number of oxazole rings is 1. The van der Waals surface area contributed by atoms with Crippen LogP contribution in [0.2, 0.25) is 0 Å². The van der Waals surface area contributed by atoms with Crippen LogP contribution in [0.4, 0.5) is 5.95 Å². The van der Waals surface area contributed by atoms with Crippen molar-refractivity contribution in [3.63, 3.8) is 0 Å². The summed E-state index contributed by atoms with van der Waals surface area (Å²) in [6.07, 6.45) is 4.84. The van der Waals surface area contributed by atoms with Gasteiger partial charge in [0.2, 0.25) is 5.95 Å². The summed E-state index contributed by atoms with van der Waals surface area (Å²) < 4.78 is 9.36. The van der Waals surface area contributed by atoms with Crippen LogP contribution < -0.4 is 10.7 Å². The maximum atomic E-state index is 12.2. The summed E-state index contributed by atoms with van der Waals surface area (Å²) in [5.41, 5.74) is 1.49. The molecule has 2 fully saturated rings. The van der Waals surface area contributed by atoms with Crippen LogP contribution in [0.5, 0.6) is 0 Å². The highest BCUT2D eigenvalue weighted by atomic mass is 32.2. The van der Waals surface area contributed by atoms with Gasteiger partial charge in [0.15, 0.2) is 10.7 Å². The number of nitrogens with zero attached hydrogens (tertiary/aromatic N) is 5. The number of hydrogen-bond acceptors (Lipinski definition) is 6. The summed E-state index contributed by atoms with van der Waals surface area (Å²) in [6, 6.07) is 8.09. The van der Waals surface area contributed by atoms with Crippen molar-refractivity contribution >= 4 is 28.8 Å². The van der Waals surface area contributed by atoms with Gasteiger partial charge >= 0.3 is 5.76 Å². The SMILES string of the molecule is CC1CCN(c2nnc(SCCn3c(=O)oc4ccccc43)n2C2CC2)CC1. The summed E-state index contributed by atoms with van der Waals surface area (Å²) in [7, 11) is 0. The van der Waals surface area contributed by atoms with E-state index < -0.39 is 0 Å². The molecule has 1 aliphatic heterocycles. The molecule has 0 radical (unpaired) electrons. The molecule has 8 heteroatoms. The summed E-state index contributed by atoms with van der Waals surface area (Å²) in [5.74, 6) is 2.28. The number of thioether (sulfide) groups is 1.